The molecule has 1 aromatic rings. The van der Waals surface area contributed by atoms with Gasteiger partial charge in [0.25, 0.3) is 0 Å². The molecule has 0 aliphatic carbocycles. The molecule has 1 aromatic carbocycles. The third kappa shape index (κ3) is 1.94. The van der Waals surface area contributed by atoms with Crippen LogP contribution >= 0.6 is 0 Å². The molecule has 0 unspecified atom stereocenters. The summed E-state index contributed by atoms with van der Waals surface area (Å²) < 4.78 is 18.0. The maximum Gasteiger partial charge on any atom is 0.206 e. The highest BCUT2D eigenvalue weighted by Crippen LogP contribution is 2.30. The molecule has 74 valence electrons. The Morgan fingerprint density at radius 3 is 2.86 bits per heavy atom. The van der Waals surface area contributed by atoms with Crippen molar-refractivity contribution in [2.24, 2.45) is 0 Å². The van der Waals surface area contributed by atoms with Crippen molar-refractivity contribution in [1.82, 2.24) is 0 Å². The number of hydrogen-bond donors (Lipinski definition) is 1. The van der Waals surface area contributed by atoms with Crippen LogP contribution in [0.2, 0.25) is 0 Å². The number of halogens is 1. The highest BCUT2D eigenvalue weighted by Gasteiger charge is 2.12. The van der Waals surface area contributed by atoms with Gasteiger partial charge >= 0.3 is 0 Å². The second kappa shape index (κ2) is 4.47. The number of aromatic hydroxyl groups is 1. The number of benzene rings is 1. The lowest BCUT2D eigenvalue weighted by Crippen LogP contribution is -1.95. The molecule has 0 saturated heterocycles. The Morgan fingerprint density at radius 1 is 1.57 bits per heavy atom. The number of hydrogen-bond acceptors (Lipinski definition) is 3. The predicted molar refractivity (Wildman–Crippen MR) is 48.6 cm³/mol. The van der Waals surface area contributed by atoms with E-state index in [0.717, 1.165) is 0 Å². The molecule has 0 aliphatic heterocycles. The van der Waals surface area contributed by atoms with Crippen LogP contribution in [-0.2, 0) is 6.42 Å². The lowest BCUT2D eigenvalue weighted by molar-refractivity contribution is 0.360. The van der Waals surface area contributed by atoms with Crippen molar-refractivity contribution in [2.75, 3.05) is 7.11 Å². The molecule has 0 bridgehead atoms. The van der Waals surface area contributed by atoms with Crippen LogP contribution < -0.4 is 4.74 Å². The minimum atomic E-state index is -0.775. The van der Waals surface area contributed by atoms with Crippen LogP contribution in [0.5, 0.6) is 11.5 Å². The van der Waals surface area contributed by atoms with Crippen LogP contribution in [0.15, 0.2) is 12.1 Å². The molecule has 14 heavy (non-hydrogen) atoms. The zero-order valence-corrected chi connectivity index (χ0v) is 7.75. The van der Waals surface area contributed by atoms with Gasteiger partial charge in [-0.1, -0.05) is 6.07 Å². The summed E-state index contributed by atoms with van der Waals surface area (Å²) in [5.41, 5.74) is 0.587. The lowest BCUT2D eigenvalue weighted by Gasteiger charge is -2.08. The van der Waals surface area contributed by atoms with Gasteiger partial charge in [-0.3, -0.25) is 0 Å². The molecule has 0 saturated carbocycles. The van der Waals surface area contributed by atoms with E-state index in [-0.39, 0.29) is 5.75 Å². The fraction of sp³-hybridized carbons (Fsp3) is 0.300. The van der Waals surface area contributed by atoms with E-state index in [9.17, 15) is 4.39 Å². The maximum atomic E-state index is 13.2. The average Bonchev–Trinajstić information content (AvgIpc) is 2.20. The first-order valence-corrected chi connectivity index (χ1v) is 4.12. The fourth-order valence-corrected chi connectivity index (χ4v) is 1.19. The van der Waals surface area contributed by atoms with E-state index >= 15 is 0 Å². The average molecular weight is 195 g/mol. The van der Waals surface area contributed by atoms with Crippen molar-refractivity contribution in [2.45, 2.75) is 12.8 Å². The number of methoxy groups -OCH3 is 1. The van der Waals surface area contributed by atoms with Crippen LogP contribution in [0, 0.1) is 17.1 Å². The summed E-state index contributed by atoms with van der Waals surface area (Å²) >= 11 is 0. The first-order chi connectivity index (χ1) is 6.70. The first kappa shape index (κ1) is 10.3. The predicted octanol–water partition coefficient (Wildman–Crippen LogP) is 2.00. The minimum Gasteiger partial charge on any atom is -0.505 e. The van der Waals surface area contributed by atoms with Crippen LogP contribution in [0.3, 0.4) is 0 Å². The van der Waals surface area contributed by atoms with Crippen LogP contribution in [-0.4, -0.2) is 12.2 Å². The Bertz CT molecular complexity index is 371. The Balaban J connectivity index is 3.05. The summed E-state index contributed by atoms with van der Waals surface area (Å²) in [5, 5.41) is 17.4. The van der Waals surface area contributed by atoms with Gasteiger partial charge in [0.05, 0.1) is 13.2 Å². The second-order valence-electron chi connectivity index (χ2n) is 2.75. The number of phenols is 1. The molecule has 0 spiro atoms. The Hall–Kier alpha value is -1.76. The number of nitriles is 1. The fourth-order valence-electron chi connectivity index (χ4n) is 1.19. The summed E-state index contributed by atoms with van der Waals surface area (Å²) in [4.78, 5) is 0. The molecule has 1 rings (SSSR count). The van der Waals surface area contributed by atoms with Gasteiger partial charge < -0.3 is 9.84 Å². The van der Waals surface area contributed by atoms with E-state index in [1.165, 1.54) is 13.2 Å². The molecular weight excluding hydrogens is 185 g/mol. The zero-order chi connectivity index (χ0) is 10.6. The molecule has 0 fully saturated rings. The minimum absolute atomic E-state index is 0.0141. The van der Waals surface area contributed by atoms with Crippen molar-refractivity contribution in [1.29, 1.82) is 5.26 Å². The number of rotatable bonds is 3. The van der Waals surface area contributed by atoms with Gasteiger partial charge in [-0.25, -0.2) is 0 Å². The maximum absolute atomic E-state index is 13.2. The van der Waals surface area contributed by atoms with Crippen molar-refractivity contribution >= 4 is 0 Å². The third-order valence-corrected chi connectivity index (χ3v) is 1.87. The van der Waals surface area contributed by atoms with Gasteiger partial charge in [0, 0.05) is 6.42 Å². The third-order valence-electron chi connectivity index (χ3n) is 1.87. The van der Waals surface area contributed by atoms with Gasteiger partial charge in [0.1, 0.15) is 0 Å². The summed E-state index contributed by atoms with van der Waals surface area (Å²) in [6.45, 7) is 0. The molecule has 1 N–H and O–H groups in total. The van der Waals surface area contributed by atoms with E-state index in [2.05, 4.69) is 0 Å². The molecule has 4 heteroatoms. The molecular formula is C10H10FNO2. The van der Waals surface area contributed by atoms with E-state index in [4.69, 9.17) is 15.1 Å². The van der Waals surface area contributed by atoms with Crippen LogP contribution in [0.25, 0.3) is 0 Å². The molecule has 0 atom stereocenters. The first-order valence-electron chi connectivity index (χ1n) is 4.12. The van der Waals surface area contributed by atoms with Crippen molar-refractivity contribution in [3.8, 4) is 17.6 Å². The molecule has 0 aliphatic rings. The smallest absolute Gasteiger partial charge is 0.206 e. The Labute approximate surface area is 81.4 Å². The number of phenolic OH excluding ortho intramolecular Hbond substituents is 1. The Morgan fingerprint density at radius 2 is 2.29 bits per heavy atom. The summed E-state index contributed by atoms with van der Waals surface area (Å²) in [5.74, 6) is -1.20. The molecule has 0 amide bonds. The Kier molecular flexibility index (Phi) is 3.29. The molecule has 0 radical (unpaired) electrons. The van der Waals surface area contributed by atoms with Gasteiger partial charge in [-0.05, 0) is 18.1 Å². The van der Waals surface area contributed by atoms with Gasteiger partial charge in [0.15, 0.2) is 11.5 Å². The zero-order valence-electron chi connectivity index (χ0n) is 7.75. The summed E-state index contributed by atoms with van der Waals surface area (Å²) in [6, 6.07) is 4.77. The highest BCUT2D eigenvalue weighted by atomic mass is 19.1. The van der Waals surface area contributed by atoms with Crippen LogP contribution in [0.4, 0.5) is 4.39 Å². The van der Waals surface area contributed by atoms with Gasteiger partial charge in [-0.2, -0.15) is 9.65 Å². The van der Waals surface area contributed by atoms with Crippen molar-refractivity contribution < 1.29 is 14.2 Å². The highest BCUT2D eigenvalue weighted by molar-refractivity contribution is 5.42. The van der Waals surface area contributed by atoms with E-state index in [1.807, 2.05) is 6.07 Å². The lowest BCUT2D eigenvalue weighted by atomic mass is 10.1. The number of aryl methyl sites for hydroxylation is 1. The largest absolute Gasteiger partial charge is 0.505 e. The summed E-state index contributed by atoms with van der Waals surface area (Å²) in [7, 11) is 1.33. The van der Waals surface area contributed by atoms with E-state index in [0.29, 0.717) is 18.4 Å². The normalized spacial score (nSPS) is 9.50. The standard InChI is InChI=1S/C10H10FNO2/c1-14-10-7(3-2-6-12)4-5-8(13)9(10)11/h4-5,13H,2-3H2,1H3. The van der Waals surface area contributed by atoms with Crippen molar-refractivity contribution in [3.63, 3.8) is 0 Å². The van der Waals surface area contributed by atoms with E-state index < -0.39 is 11.6 Å². The molecule has 3 nitrogen and oxygen atoms in total. The van der Waals surface area contributed by atoms with Gasteiger partial charge in [0.2, 0.25) is 5.82 Å². The molecule has 0 aromatic heterocycles. The van der Waals surface area contributed by atoms with Gasteiger partial charge in [-0.15, -0.1) is 0 Å². The SMILES string of the molecule is COc1c(CCC#N)ccc(O)c1F. The number of ether oxygens (including phenoxy) is 1. The quantitative estimate of drug-likeness (QED) is 0.802. The van der Waals surface area contributed by atoms with Crippen molar-refractivity contribution in [3.05, 3.63) is 23.5 Å². The second-order valence-corrected chi connectivity index (χ2v) is 2.75. The van der Waals surface area contributed by atoms with E-state index in [1.54, 1.807) is 6.07 Å². The topological polar surface area (TPSA) is 53.2 Å². The number of nitrogens with zero attached hydrogens (tertiary/aromatic N) is 1. The monoisotopic (exact) mass is 195 g/mol. The summed E-state index contributed by atoms with van der Waals surface area (Å²) in [6.07, 6.45) is 0.706. The molecule has 0 heterocycles. The van der Waals surface area contributed by atoms with Crippen LogP contribution in [0.1, 0.15) is 12.0 Å².